The fourth-order valence-electron chi connectivity index (χ4n) is 4.65. The normalized spacial score (nSPS) is 19.0. The van der Waals surface area contributed by atoms with E-state index in [0.29, 0.717) is 6.04 Å². The maximum absolute atomic E-state index is 4.43. The third-order valence-corrected chi connectivity index (χ3v) is 6.40. The summed E-state index contributed by atoms with van der Waals surface area (Å²) in [6.07, 6.45) is 16.7. The first-order valence-corrected chi connectivity index (χ1v) is 11.6. The molecule has 3 rings (SSSR count). The summed E-state index contributed by atoms with van der Waals surface area (Å²) in [5.74, 6) is 4.22. The van der Waals surface area contributed by atoms with Crippen LogP contribution in [0.2, 0.25) is 0 Å². The number of aromatic nitrogens is 3. The Morgan fingerprint density at radius 2 is 1.93 bits per heavy atom. The Morgan fingerprint density at radius 1 is 1.14 bits per heavy atom. The van der Waals surface area contributed by atoms with Crippen LogP contribution in [0.15, 0.2) is 4.99 Å². The number of fused-ring (bicyclic) bond motifs is 1. The molecular formula is C22H41IN6. The third-order valence-electron chi connectivity index (χ3n) is 6.40. The molecule has 1 aromatic heterocycles. The molecular weight excluding hydrogens is 475 g/mol. The van der Waals surface area contributed by atoms with E-state index < -0.39 is 0 Å². The van der Waals surface area contributed by atoms with Crippen molar-refractivity contribution in [2.24, 2.45) is 10.9 Å². The van der Waals surface area contributed by atoms with Gasteiger partial charge in [-0.15, -0.1) is 34.2 Å². The van der Waals surface area contributed by atoms with Gasteiger partial charge in [0.25, 0.3) is 0 Å². The lowest BCUT2D eigenvalue weighted by Gasteiger charge is -2.24. The summed E-state index contributed by atoms with van der Waals surface area (Å²) in [6, 6.07) is 0.473. The number of nitrogens with zero attached hydrogens (tertiary/aromatic N) is 4. The van der Waals surface area contributed by atoms with E-state index in [1.54, 1.807) is 0 Å². The monoisotopic (exact) mass is 516 g/mol. The highest BCUT2D eigenvalue weighted by atomic mass is 127. The highest BCUT2D eigenvalue weighted by Gasteiger charge is 2.16. The molecule has 1 unspecified atom stereocenters. The Kier molecular flexibility index (Phi) is 11.3. The molecule has 1 fully saturated rings. The molecule has 6 nitrogen and oxygen atoms in total. The van der Waals surface area contributed by atoms with Crippen LogP contribution in [0, 0.1) is 5.92 Å². The zero-order chi connectivity index (χ0) is 19.6. The maximum Gasteiger partial charge on any atom is 0.191 e. The summed E-state index contributed by atoms with van der Waals surface area (Å²) in [4.78, 5) is 4.40. The van der Waals surface area contributed by atoms with E-state index >= 15 is 0 Å². The molecule has 7 heteroatoms. The molecule has 1 atom stereocenters. The highest BCUT2D eigenvalue weighted by molar-refractivity contribution is 14.0. The number of aryl methyl sites for hydroxylation is 2. The molecule has 0 spiro atoms. The van der Waals surface area contributed by atoms with Crippen molar-refractivity contribution in [3.8, 4) is 0 Å². The molecule has 0 radical (unpaired) electrons. The minimum absolute atomic E-state index is 0. The zero-order valence-electron chi connectivity index (χ0n) is 18.5. The summed E-state index contributed by atoms with van der Waals surface area (Å²) in [7, 11) is 1.86. The Balaban J connectivity index is 0.00000300. The summed E-state index contributed by atoms with van der Waals surface area (Å²) < 4.78 is 2.35. The molecule has 0 bridgehead atoms. The summed E-state index contributed by atoms with van der Waals surface area (Å²) in [5.41, 5.74) is 0. The van der Waals surface area contributed by atoms with Crippen LogP contribution >= 0.6 is 24.0 Å². The van der Waals surface area contributed by atoms with E-state index in [1.165, 1.54) is 70.0 Å². The molecule has 1 saturated carbocycles. The minimum atomic E-state index is 0. The highest BCUT2D eigenvalue weighted by Crippen LogP contribution is 2.27. The topological polar surface area (TPSA) is 67.1 Å². The molecule has 0 saturated heterocycles. The van der Waals surface area contributed by atoms with Crippen LogP contribution in [0.25, 0.3) is 0 Å². The van der Waals surface area contributed by atoms with Crippen LogP contribution in [0.1, 0.15) is 89.2 Å². The molecule has 1 aliphatic carbocycles. The largest absolute Gasteiger partial charge is 0.356 e. The van der Waals surface area contributed by atoms with Crippen molar-refractivity contribution in [3.63, 3.8) is 0 Å². The van der Waals surface area contributed by atoms with Gasteiger partial charge in [0.05, 0.1) is 0 Å². The summed E-state index contributed by atoms with van der Waals surface area (Å²) >= 11 is 0. The number of aliphatic imine (C=N–C) groups is 1. The molecule has 29 heavy (non-hydrogen) atoms. The Bertz CT molecular complexity index is 608. The zero-order valence-corrected chi connectivity index (χ0v) is 20.8. The van der Waals surface area contributed by atoms with Crippen LogP contribution in [0.3, 0.4) is 0 Å². The first-order valence-electron chi connectivity index (χ1n) is 11.6. The van der Waals surface area contributed by atoms with Gasteiger partial charge in [0.1, 0.15) is 11.6 Å². The standard InChI is InChI=1S/C22H40N6.HI/c1-18(14-15-19-10-5-3-6-11-19)25-22(23-2)24-16-9-13-21-27-26-20-12-7-4-8-17-28(20)21;/h18-19H,3-17H2,1-2H3,(H2,23,24,25);1H. The molecule has 1 aliphatic heterocycles. The second-order valence-electron chi connectivity index (χ2n) is 8.72. The van der Waals surface area contributed by atoms with Gasteiger partial charge in [0, 0.05) is 39.0 Å². The van der Waals surface area contributed by atoms with Crippen LogP contribution < -0.4 is 10.6 Å². The van der Waals surface area contributed by atoms with Crippen LogP contribution in [0.4, 0.5) is 0 Å². The predicted octanol–water partition coefficient (Wildman–Crippen LogP) is 4.47. The van der Waals surface area contributed by atoms with Gasteiger partial charge in [-0.25, -0.2) is 0 Å². The van der Waals surface area contributed by atoms with Crippen molar-refractivity contribution in [3.05, 3.63) is 11.6 Å². The average molecular weight is 517 g/mol. The Labute approximate surface area is 194 Å². The van der Waals surface area contributed by atoms with Gasteiger partial charge in [-0.2, -0.15) is 0 Å². The van der Waals surface area contributed by atoms with Gasteiger partial charge in [-0.3, -0.25) is 4.99 Å². The second kappa shape index (κ2) is 13.4. The van der Waals surface area contributed by atoms with Gasteiger partial charge >= 0.3 is 0 Å². The van der Waals surface area contributed by atoms with Crippen LogP contribution in [-0.4, -0.2) is 40.4 Å². The number of nitrogens with one attached hydrogen (secondary N) is 2. The van der Waals surface area contributed by atoms with Crippen molar-refractivity contribution in [1.82, 2.24) is 25.4 Å². The molecule has 2 N–H and O–H groups in total. The predicted molar refractivity (Wildman–Crippen MR) is 131 cm³/mol. The average Bonchev–Trinajstić information content (AvgIpc) is 2.95. The van der Waals surface area contributed by atoms with Gasteiger partial charge in [0.2, 0.25) is 0 Å². The molecule has 0 amide bonds. The third kappa shape index (κ3) is 8.06. The van der Waals surface area contributed by atoms with Crippen molar-refractivity contribution in [2.75, 3.05) is 13.6 Å². The van der Waals surface area contributed by atoms with Crippen molar-refractivity contribution < 1.29 is 0 Å². The number of hydrogen-bond acceptors (Lipinski definition) is 3. The Morgan fingerprint density at radius 3 is 2.72 bits per heavy atom. The SMILES string of the molecule is CN=C(NCCCc1nnc2n1CCCCC2)NC(C)CCC1CCCCC1.I. The lowest BCUT2D eigenvalue weighted by molar-refractivity contribution is 0.322. The smallest absolute Gasteiger partial charge is 0.191 e. The number of halogens is 1. The molecule has 0 aromatic carbocycles. The van der Waals surface area contributed by atoms with Gasteiger partial charge in [0.15, 0.2) is 5.96 Å². The molecule has 2 aliphatic rings. The minimum Gasteiger partial charge on any atom is -0.356 e. The lowest BCUT2D eigenvalue weighted by atomic mass is 9.85. The number of hydrogen-bond donors (Lipinski definition) is 2. The Hall–Kier alpha value is -0.860. The van der Waals surface area contributed by atoms with E-state index in [2.05, 4.69) is 37.3 Å². The van der Waals surface area contributed by atoms with Crippen molar-refractivity contribution in [1.29, 1.82) is 0 Å². The molecule has 1 aromatic rings. The van der Waals surface area contributed by atoms with Crippen molar-refractivity contribution >= 4 is 29.9 Å². The van der Waals surface area contributed by atoms with Crippen LogP contribution in [0.5, 0.6) is 0 Å². The van der Waals surface area contributed by atoms with E-state index in [0.717, 1.165) is 50.1 Å². The van der Waals surface area contributed by atoms with E-state index in [4.69, 9.17) is 0 Å². The van der Waals surface area contributed by atoms with Gasteiger partial charge in [-0.05, 0) is 44.9 Å². The summed E-state index contributed by atoms with van der Waals surface area (Å²) in [5, 5.41) is 15.9. The number of rotatable bonds is 8. The van der Waals surface area contributed by atoms with Crippen LogP contribution in [-0.2, 0) is 19.4 Å². The van der Waals surface area contributed by atoms with Gasteiger partial charge < -0.3 is 15.2 Å². The van der Waals surface area contributed by atoms with E-state index in [-0.39, 0.29) is 24.0 Å². The fraction of sp³-hybridized carbons (Fsp3) is 0.864. The fourth-order valence-corrected chi connectivity index (χ4v) is 4.65. The molecule has 166 valence electrons. The quantitative estimate of drug-likeness (QED) is 0.232. The first-order chi connectivity index (χ1) is 13.8. The van der Waals surface area contributed by atoms with E-state index in [1.807, 2.05) is 7.05 Å². The maximum atomic E-state index is 4.43. The van der Waals surface area contributed by atoms with E-state index in [9.17, 15) is 0 Å². The second-order valence-corrected chi connectivity index (χ2v) is 8.72. The lowest BCUT2D eigenvalue weighted by Crippen LogP contribution is -2.42. The molecule has 2 heterocycles. The first kappa shape index (κ1) is 24.4. The van der Waals surface area contributed by atoms with Crippen molar-refractivity contribution in [2.45, 2.75) is 103 Å². The van der Waals surface area contributed by atoms with Gasteiger partial charge in [-0.1, -0.05) is 38.5 Å². The number of guanidine groups is 1. The summed E-state index contributed by atoms with van der Waals surface area (Å²) in [6.45, 7) is 4.28.